The van der Waals surface area contributed by atoms with Crippen LogP contribution in [0.1, 0.15) is 24.1 Å². The number of rotatable bonds is 4. The van der Waals surface area contributed by atoms with Crippen LogP contribution in [0.25, 0.3) is 11.1 Å². The first kappa shape index (κ1) is 17.4. The summed E-state index contributed by atoms with van der Waals surface area (Å²) in [6, 6.07) is 19.7. The maximum Gasteiger partial charge on any atom is 0.231 e. The molecule has 126 valence electrons. The van der Waals surface area contributed by atoms with Gasteiger partial charge in [0.05, 0.1) is 5.92 Å². The normalized spacial score (nSPS) is 11.8. The van der Waals surface area contributed by atoms with Crippen molar-refractivity contribution >= 4 is 27.5 Å². The van der Waals surface area contributed by atoms with Gasteiger partial charge in [-0.15, -0.1) is 0 Å². The molecule has 0 radical (unpaired) electrons. The van der Waals surface area contributed by atoms with Crippen LogP contribution in [-0.2, 0) is 4.79 Å². The van der Waals surface area contributed by atoms with E-state index in [4.69, 9.17) is 0 Å². The molecule has 2 aromatic carbocycles. The Balaban J connectivity index is 1.72. The van der Waals surface area contributed by atoms with Crippen LogP contribution in [0.4, 0.5) is 5.69 Å². The van der Waals surface area contributed by atoms with E-state index in [-0.39, 0.29) is 11.8 Å². The first-order valence-corrected chi connectivity index (χ1v) is 8.91. The summed E-state index contributed by atoms with van der Waals surface area (Å²) >= 11 is 3.45. The third kappa shape index (κ3) is 4.34. The lowest BCUT2D eigenvalue weighted by atomic mass is 10.0. The van der Waals surface area contributed by atoms with Crippen molar-refractivity contribution < 1.29 is 4.79 Å². The molecule has 3 aromatic rings. The molecule has 4 heteroatoms. The molecule has 25 heavy (non-hydrogen) atoms. The van der Waals surface area contributed by atoms with Crippen molar-refractivity contribution in [2.24, 2.45) is 0 Å². The molecule has 1 amide bonds. The van der Waals surface area contributed by atoms with Crippen molar-refractivity contribution in [3.05, 3.63) is 82.6 Å². The molecule has 0 aliphatic heterocycles. The van der Waals surface area contributed by atoms with Crippen molar-refractivity contribution in [1.29, 1.82) is 0 Å². The molecule has 3 rings (SSSR count). The van der Waals surface area contributed by atoms with Crippen molar-refractivity contribution in [3.63, 3.8) is 0 Å². The number of benzene rings is 2. The highest BCUT2D eigenvalue weighted by molar-refractivity contribution is 9.10. The molecule has 0 saturated carbocycles. The molecule has 0 saturated heterocycles. The third-order valence-corrected chi connectivity index (χ3v) is 4.62. The highest BCUT2D eigenvalue weighted by Crippen LogP contribution is 2.24. The van der Waals surface area contributed by atoms with E-state index in [1.807, 2.05) is 74.5 Å². The smallest absolute Gasteiger partial charge is 0.231 e. The Morgan fingerprint density at radius 3 is 2.48 bits per heavy atom. The van der Waals surface area contributed by atoms with Crippen LogP contribution in [0.15, 0.2) is 71.3 Å². The number of aryl methyl sites for hydroxylation is 1. The predicted octanol–water partition coefficient (Wildman–Crippen LogP) is 5.56. The Morgan fingerprint density at radius 2 is 1.80 bits per heavy atom. The average molecular weight is 395 g/mol. The molecule has 0 aliphatic rings. The van der Waals surface area contributed by atoms with Crippen LogP contribution in [0, 0.1) is 6.92 Å². The maximum absolute atomic E-state index is 12.5. The van der Waals surface area contributed by atoms with Crippen molar-refractivity contribution in [2.75, 3.05) is 5.32 Å². The topological polar surface area (TPSA) is 42.0 Å². The van der Waals surface area contributed by atoms with E-state index in [2.05, 4.69) is 26.2 Å². The highest BCUT2D eigenvalue weighted by Gasteiger charge is 2.15. The van der Waals surface area contributed by atoms with Gasteiger partial charge in [-0.3, -0.25) is 9.78 Å². The van der Waals surface area contributed by atoms with Gasteiger partial charge in [-0.2, -0.15) is 0 Å². The van der Waals surface area contributed by atoms with E-state index >= 15 is 0 Å². The monoisotopic (exact) mass is 394 g/mol. The average Bonchev–Trinajstić information content (AvgIpc) is 2.61. The molecular weight excluding hydrogens is 376 g/mol. The maximum atomic E-state index is 12.5. The van der Waals surface area contributed by atoms with Gasteiger partial charge in [0.2, 0.25) is 5.91 Å². The van der Waals surface area contributed by atoms with Gasteiger partial charge in [0.15, 0.2) is 0 Å². The summed E-state index contributed by atoms with van der Waals surface area (Å²) in [6.07, 6.45) is 1.81. The molecule has 0 spiro atoms. The molecule has 0 aliphatic carbocycles. The van der Waals surface area contributed by atoms with Crippen LogP contribution < -0.4 is 5.32 Å². The van der Waals surface area contributed by atoms with Crippen molar-refractivity contribution in [2.45, 2.75) is 19.8 Å². The summed E-state index contributed by atoms with van der Waals surface area (Å²) in [6.45, 7) is 3.88. The van der Waals surface area contributed by atoms with Crippen LogP contribution >= 0.6 is 15.9 Å². The number of hydrogen-bond acceptors (Lipinski definition) is 2. The summed E-state index contributed by atoms with van der Waals surface area (Å²) < 4.78 is 0.974. The fraction of sp³-hybridized carbons (Fsp3) is 0.143. The first-order valence-electron chi connectivity index (χ1n) is 8.12. The molecule has 0 fully saturated rings. The summed E-state index contributed by atoms with van der Waals surface area (Å²) in [7, 11) is 0. The second-order valence-electron chi connectivity index (χ2n) is 6.03. The predicted molar refractivity (Wildman–Crippen MR) is 106 cm³/mol. The fourth-order valence-corrected chi connectivity index (χ4v) is 3.07. The number of nitrogens with zero attached hydrogens (tertiary/aromatic N) is 1. The number of anilines is 1. The van der Waals surface area contributed by atoms with E-state index in [0.29, 0.717) is 0 Å². The van der Waals surface area contributed by atoms with E-state index < -0.39 is 0 Å². The number of amides is 1. The summed E-state index contributed by atoms with van der Waals surface area (Å²) in [5, 5.41) is 2.98. The zero-order valence-electron chi connectivity index (χ0n) is 14.2. The van der Waals surface area contributed by atoms with Crippen molar-refractivity contribution in [3.8, 4) is 11.1 Å². The summed E-state index contributed by atoms with van der Waals surface area (Å²) in [5.74, 6) is -0.245. The minimum atomic E-state index is -0.222. The number of aromatic nitrogens is 1. The van der Waals surface area contributed by atoms with Gasteiger partial charge in [-0.05, 0) is 66.9 Å². The van der Waals surface area contributed by atoms with E-state index in [0.717, 1.165) is 32.5 Å². The molecule has 1 atom stereocenters. The van der Waals surface area contributed by atoms with Gasteiger partial charge in [0, 0.05) is 22.1 Å². The lowest BCUT2D eigenvalue weighted by Crippen LogP contribution is -2.18. The SMILES string of the molecule is Cc1cc(-c2ccc(NC(=O)C(C)c3cccc(Br)c3)cc2)ccn1. The number of halogens is 1. The van der Waals surface area contributed by atoms with E-state index in [9.17, 15) is 4.79 Å². The Labute approximate surface area is 156 Å². The second-order valence-corrected chi connectivity index (χ2v) is 6.94. The van der Waals surface area contributed by atoms with Gasteiger partial charge < -0.3 is 5.32 Å². The molecule has 0 bridgehead atoms. The van der Waals surface area contributed by atoms with Crippen LogP contribution in [-0.4, -0.2) is 10.9 Å². The Morgan fingerprint density at radius 1 is 1.04 bits per heavy atom. The van der Waals surface area contributed by atoms with E-state index in [1.54, 1.807) is 6.20 Å². The zero-order chi connectivity index (χ0) is 17.8. The minimum absolute atomic E-state index is 0.0226. The zero-order valence-corrected chi connectivity index (χ0v) is 15.7. The van der Waals surface area contributed by atoms with Crippen LogP contribution in [0.2, 0.25) is 0 Å². The molecular formula is C21H19BrN2O. The highest BCUT2D eigenvalue weighted by atomic mass is 79.9. The lowest BCUT2D eigenvalue weighted by Gasteiger charge is -2.13. The standard InChI is InChI=1S/C21H19BrN2O/c1-14-12-18(10-11-23-14)16-6-8-20(9-7-16)24-21(25)15(2)17-4-3-5-19(22)13-17/h3-13,15H,1-2H3,(H,24,25). The second kappa shape index (κ2) is 7.62. The molecule has 1 aromatic heterocycles. The quantitative estimate of drug-likeness (QED) is 0.628. The van der Waals surface area contributed by atoms with E-state index in [1.165, 1.54) is 0 Å². The van der Waals surface area contributed by atoms with Gasteiger partial charge in [-0.25, -0.2) is 0 Å². The third-order valence-electron chi connectivity index (χ3n) is 4.12. The largest absolute Gasteiger partial charge is 0.326 e. The number of hydrogen-bond donors (Lipinski definition) is 1. The van der Waals surface area contributed by atoms with Gasteiger partial charge in [-0.1, -0.05) is 40.2 Å². The molecule has 3 nitrogen and oxygen atoms in total. The number of carbonyl (C=O) groups excluding carboxylic acids is 1. The minimum Gasteiger partial charge on any atom is -0.326 e. The van der Waals surface area contributed by atoms with Crippen molar-refractivity contribution in [1.82, 2.24) is 4.98 Å². The van der Waals surface area contributed by atoms with Gasteiger partial charge in [0.25, 0.3) is 0 Å². The summed E-state index contributed by atoms with van der Waals surface area (Å²) in [4.78, 5) is 16.7. The fourth-order valence-electron chi connectivity index (χ4n) is 2.65. The van der Waals surface area contributed by atoms with Crippen LogP contribution in [0.5, 0.6) is 0 Å². The number of nitrogens with one attached hydrogen (secondary N) is 1. The number of carbonyl (C=O) groups is 1. The lowest BCUT2D eigenvalue weighted by molar-refractivity contribution is -0.117. The Hall–Kier alpha value is -2.46. The van der Waals surface area contributed by atoms with Gasteiger partial charge >= 0.3 is 0 Å². The number of pyridine rings is 1. The molecule has 1 N–H and O–H groups in total. The van der Waals surface area contributed by atoms with Crippen LogP contribution in [0.3, 0.4) is 0 Å². The first-order chi connectivity index (χ1) is 12.0. The Kier molecular flexibility index (Phi) is 5.29. The van der Waals surface area contributed by atoms with Gasteiger partial charge in [0.1, 0.15) is 0 Å². The Bertz CT molecular complexity index is 890. The summed E-state index contributed by atoms with van der Waals surface area (Å²) in [5.41, 5.74) is 4.98. The molecule has 1 heterocycles. The molecule has 1 unspecified atom stereocenters.